The van der Waals surface area contributed by atoms with E-state index in [4.69, 9.17) is 9.26 Å². The van der Waals surface area contributed by atoms with Crippen molar-refractivity contribution in [1.82, 2.24) is 10.5 Å². The summed E-state index contributed by atoms with van der Waals surface area (Å²) in [7, 11) is 0. The van der Waals surface area contributed by atoms with Crippen LogP contribution in [0.3, 0.4) is 0 Å². The van der Waals surface area contributed by atoms with Gasteiger partial charge in [-0.3, -0.25) is 4.79 Å². The molecule has 1 aliphatic rings. The number of rotatable bonds is 7. The summed E-state index contributed by atoms with van der Waals surface area (Å²) < 4.78 is 24.4. The van der Waals surface area contributed by atoms with E-state index in [2.05, 4.69) is 10.5 Å². The molecular formula is C24H25FN2O3. The molecule has 1 aromatic heterocycles. The molecule has 1 atom stereocenters. The first-order valence-corrected chi connectivity index (χ1v) is 10.2. The van der Waals surface area contributed by atoms with E-state index < -0.39 is 0 Å². The van der Waals surface area contributed by atoms with Crippen LogP contribution in [0, 0.1) is 11.7 Å². The molecule has 1 N–H and O–H groups in total. The Labute approximate surface area is 175 Å². The highest BCUT2D eigenvalue weighted by Gasteiger charge is 2.33. The summed E-state index contributed by atoms with van der Waals surface area (Å²) in [5.74, 6) is 2.05. The van der Waals surface area contributed by atoms with Gasteiger partial charge < -0.3 is 14.6 Å². The lowest BCUT2D eigenvalue weighted by Gasteiger charge is -2.33. The van der Waals surface area contributed by atoms with Gasteiger partial charge in [-0.2, -0.15) is 0 Å². The fraction of sp³-hybridized carbons (Fsp3) is 0.333. The van der Waals surface area contributed by atoms with Crippen molar-refractivity contribution in [2.75, 3.05) is 6.61 Å². The molecule has 1 saturated carbocycles. The van der Waals surface area contributed by atoms with E-state index in [0.29, 0.717) is 24.2 Å². The fourth-order valence-corrected chi connectivity index (χ4v) is 3.79. The molecule has 0 bridgehead atoms. The smallest absolute Gasteiger partial charge is 0.217 e. The van der Waals surface area contributed by atoms with Gasteiger partial charge in [0.25, 0.3) is 0 Å². The molecule has 5 nitrogen and oxygen atoms in total. The number of carbonyl (C=O) groups is 1. The molecule has 1 fully saturated rings. The maximum absolute atomic E-state index is 13.1. The second kappa shape index (κ2) is 8.69. The van der Waals surface area contributed by atoms with Crippen molar-refractivity contribution in [1.29, 1.82) is 0 Å². The molecule has 0 spiro atoms. The summed E-state index contributed by atoms with van der Waals surface area (Å²) in [6.07, 6.45) is 2.02. The number of nitrogens with one attached hydrogen (secondary N) is 1. The summed E-state index contributed by atoms with van der Waals surface area (Å²) in [6, 6.07) is 16.1. The summed E-state index contributed by atoms with van der Waals surface area (Å²) in [5, 5.41) is 6.97. The lowest BCUT2D eigenvalue weighted by Crippen LogP contribution is -2.27. The van der Waals surface area contributed by atoms with E-state index in [9.17, 15) is 9.18 Å². The standard InChI is InChI=1S/C24H25FN2O3/c1-15(26-16(2)28)24-13-23(27-30-24)20-11-17(12-20)14-29-22-9-5-19(6-10-22)18-3-7-21(25)8-4-18/h3-10,13,15,17,20H,11-12,14H2,1-2H3,(H,26,28)/t15-,17?,20?/m0/s1. The molecule has 2 aromatic carbocycles. The summed E-state index contributed by atoms with van der Waals surface area (Å²) >= 11 is 0. The van der Waals surface area contributed by atoms with Gasteiger partial charge in [-0.1, -0.05) is 29.4 Å². The molecule has 3 aromatic rings. The predicted octanol–water partition coefficient (Wildman–Crippen LogP) is 5.25. The first kappa shape index (κ1) is 20.1. The van der Waals surface area contributed by atoms with Crippen molar-refractivity contribution in [2.24, 2.45) is 5.92 Å². The third-order valence-electron chi connectivity index (χ3n) is 5.56. The van der Waals surface area contributed by atoms with Crippen molar-refractivity contribution in [2.45, 2.75) is 38.6 Å². The molecule has 1 aliphatic carbocycles. The second-order valence-corrected chi connectivity index (χ2v) is 7.95. The van der Waals surface area contributed by atoms with Crippen molar-refractivity contribution in [3.05, 3.63) is 71.9 Å². The number of nitrogens with zero attached hydrogens (tertiary/aromatic N) is 1. The van der Waals surface area contributed by atoms with Crippen LogP contribution >= 0.6 is 0 Å². The highest BCUT2D eigenvalue weighted by Crippen LogP contribution is 2.41. The Morgan fingerprint density at radius 1 is 1.17 bits per heavy atom. The molecule has 4 rings (SSSR count). The van der Waals surface area contributed by atoms with Crippen LogP contribution < -0.4 is 10.1 Å². The number of hydrogen-bond acceptors (Lipinski definition) is 4. The van der Waals surface area contributed by atoms with Crippen LogP contribution in [0.1, 0.15) is 50.1 Å². The first-order valence-electron chi connectivity index (χ1n) is 10.2. The quantitative estimate of drug-likeness (QED) is 0.580. The molecule has 156 valence electrons. The van der Waals surface area contributed by atoms with Crippen LogP contribution in [-0.4, -0.2) is 17.7 Å². The third kappa shape index (κ3) is 4.70. The van der Waals surface area contributed by atoms with Crippen LogP contribution in [0.5, 0.6) is 5.75 Å². The van der Waals surface area contributed by atoms with Gasteiger partial charge in [-0.15, -0.1) is 0 Å². The lowest BCUT2D eigenvalue weighted by molar-refractivity contribution is -0.119. The zero-order chi connectivity index (χ0) is 21.1. The van der Waals surface area contributed by atoms with Gasteiger partial charge in [0, 0.05) is 18.9 Å². The number of hydrogen-bond donors (Lipinski definition) is 1. The van der Waals surface area contributed by atoms with E-state index >= 15 is 0 Å². The van der Waals surface area contributed by atoms with Crippen LogP contribution in [-0.2, 0) is 4.79 Å². The minimum atomic E-state index is -0.235. The van der Waals surface area contributed by atoms with Crippen molar-refractivity contribution < 1.29 is 18.4 Å². The van der Waals surface area contributed by atoms with E-state index in [-0.39, 0.29) is 17.8 Å². The number of aromatic nitrogens is 1. The highest BCUT2D eigenvalue weighted by atomic mass is 19.1. The monoisotopic (exact) mass is 408 g/mol. The molecule has 6 heteroatoms. The Hall–Kier alpha value is -3.15. The topological polar surface area (TPSA) is 64.4 Å². The number of ether oxygens (including phenoxy) is 1. The van der Waals surface area contributed by atoms with Gasteiger partial charge in [0.15, 0.2) is 5.76 Å². The molecule has 1 amide bonds. The summed E-state index contributed by atoms with van der Waals surface area (Å²) in [5.41, 5.74) is 2.95. The molecule has 1 heterocycles. The maximum Gasteiger partial charge on any atom is 0.217 e. The Morgan fingerprint density at radius 3 is 2.43 bits per heavy atom. The molecule has 30 heavy (non-hydrogen) atoms. The molecule has 0 aliphatic heterocycles. The van der Waals surface area contributed by atoms with Gasteiger partial charge >= 0.3 is 0 Å². The Kier molecular flexibility index (Phi) is 5.84. The largest absolute Gasteiger partial charge is 0.493 e. The average molecular weight is 408 g/mol. The second-order valence-electron chi connectivity index (χ2n) is 7.95. The maximum atomic E-state index is 13.1. The zero-order valence-corrected chi connectivity index (χ0v) is 17.1. The van der Waals surface area contributed by atoms with Crippen LogP contribution in [0.2, 0.25) is 0 Å². The Balaban J connectivity index is 1.24. The number of benzene rings is 2. The molecular weight excluding hydrogens is 383 g/mol. The normalized spacial score (nSPS) is 19.0. The Bertz CT molecular complexity index is 992. The number of amides is 1. The van der Waals surface area contributed by atoms with E-state index in [1.165, 1.54) is 19.1 Å². The molecule has 0 unspecified atom stereocenters. The average Bonchev–Trinajstić information content (AvgIpc) is 3.17. The van der Waals surface area contributed by atoms with Gasteiger partial charge in [-0.05, 0) is 61.1 Å². The summed E-state index contributed by atoms with van der Waals surface area (Å²) in [4.78, 5) is 11.2. The van der Waals surface area contributed by atoms with Crippen LogP contribution in [0.15, 0.2) is 59.1 Å². The highest BCUT2D eigenvalue weighted by molar-refractivity contribution is 5.73. The first-order chi connectivity index (χ1) is 14.5. The number of carbonyl (C=O) groups excluding carboxylic acids is 1. The third-order valence-corrected chi connectivity index (χ3v) is 5.56. The van der Waals surface area contributed by atoms with Crippen LogP contribution in [0.4, 0.5) is 4.39 Å². The van der Waals surface area contributed by atoms with E-state index in [0.717, 1.165) is 35.4 Å². The number of halogens is 1. The minimum Gasteiger partial charge on any atom is -0.493 e. The van der Waals surface area contributed by atoms with E-state index in [1.54, 1.807) is 12.1 Å². The Morgan fingerprint density at radius 2 is 1.80 bits per heavy atom. The molecule has 0 radical (unpaired) electrons. The van der Waals surface area contributed by atoms with Gasteiger partial charge in [-0.25, -0.2) is 4.39 Å². The van der Waals surface area contributed by atoms with Gasteiger partial charge in [0.05, 0.1) is 18.3 Å². The van der Waals surface area contributed by atoms with Crippen molar-refractivity contribution in [3.63, 3.8) is 0 Å². The fourth-order valence-electron chi connectivity index (χ4n) is 3.79. The molecule has 0 saturated heterocycles. The lowest BCUT2D eigenvalue weighted by atomic mass is 9.73. The van der Waals surface area contributed by atoms with Crippen molar-refractivity contribution >= 4 is 5.91 Å². The van der Waals surface area contributed by atoms with Crippen LogP contribution in [0.25, 0.3) is 11.1 Å². The minimum absolute atomic E-state index is 0.0907. The van der Waals surface area contributed by atoms with Gasteiger partial charge in [0.1, 0.15) is 11.6 Å². The predicted molar refractivity (Wildman–Crippen MR) is 112 cm³/mol. The van der Waals surface area contributed by atoms with E-state index in [1.807, 2.05) is 37.3 Å². The zero-order valence-electron chi connectivity index (χ0n) is 17.1. The SMILES string of the molecule is CC(=O)N[C@@H](C)c1cc(C2CC(COc3ccc(-c4ccc(F)cc4)cc3)C2)no1. The van der Waals surface area contributed by atoms with Crippen molar-refractivity contribution in [3.8, 4) is 16.9 Å². The summed E-state index contributed by atoms with van der Waals surface area (Å²) in [6.45, 7) is 4.03. The van der Waals surface area contributed by atoms with Gasteiger partial charge in [0.2, 0.25) is 5.91 Å².